The molecule has 7 rings (SSSR count). The number of aromatic nitrogens is 1. The third-order valence-electron chi connectivity index (χ3n) is 6.37. The van der Waals surface area contributed by atoms with E-state index in [9.17, 15) is 19.2 Å². The number of carbonyl (C=O) groups excluding carboxylic acids is 4. The summed E-state index contributed by atoms with van der Waals surface area (Å²) in [6.07, 6.45) is 0.800. The minimum absolute atomic E-state index is 0.0504. The van der Waals surface area contributed by atoms with Gasteiger partial charge in [0.25, 0.3) is 0 Å². The lowest BCUT2D eigenvalue weighted by Crippen LogP contribution is -1.95. The predicted molar refractivity (Wildman–Crippen MR) is 147 cm³/mol. The number of benzene rings is 4. The first-order chi connectivity index (χ1) is 18.5. The number of hydrogen-bond donors (Lipinski definition) is 1. The number of Topliss-reactive ketones (excluding diaryl/α,β-unsaturated/α-hetero) is 2. The fraction of sp³-hybridized carbons (Fsp3) is 0.0312. The largest absolute Gasteiger partial charge is 0.398 e. The first-order valence-corrected chi connectivity index (χ1v) is 12.0. The van der Waals surface area contributed by atoms with Gasteiger partial charge in [0.05, 0.1) is 17.6 Å². The molecule has 2 N–H and O–H groups in total. The van der Waals surface area contributed by atoms with Crippen LogP contribution < -0.4 is 5.73 Å². The highest BCUT2D eigenvalue weighted by molar-refractivity contribution is 6.24. The van der Waals surface area contributed by atoms with Crippen LogP contribution in [0.5, 0.6) is 0 Å². The van der Waals surface area contributed by atoms with Gasteiger partial charge in [-0.2, -0.15) is 0 Å². The van der Waals surface area contributed by atoms with Crippen molar-refractivity contribution < 1.29 is 19.2 Å². The van der Waals surface area contributed by atoms with Crippen molar-refractivity contribution in [3.05, 3.63) is 131 Å². The maximum Gasteiger partial charge on any atom is 0.195 e. The van der Waals surface area contributed by atoms with E-state index in [4.69, 9.17) is 5.73 Å². The number of anilines is 1. The van der Waals surface area contributed by atoms with Gasteiger partial charge in [-0.25, -0.2) is 4.98 Å². The van der Waals surface area contributed by atoms with Crippen LogP contribution in [0.2, 0.25) is 0 Å². The van der Waals surface area contributed by atoms with Crippen molar-refractivity contribution in [3.63, 3.8) is 0 Å². The molecule has 5 aromatic rings. The average Bonchev–Trinajstić information content (AvgIpc) is 3.41. The molecule has 1 heterocycles. The molecule has 0 fully saturated rings. The van der Waals surface area contributed by atoms with E-state index in [1.807, 2.05) is 54.6 Å². The summed E-state index contributed by atoms with van der Waals surface area (Å²) >= 11 is 0. The topological polar surface area (TPSA) is 107 Å². The van der Waals surface area contributed by atoms with Crippen LogP contribution in [0, 0.1) is 0 Å². The minimum Gasteiger partial charge on any atom is -0.398 e. The van der Waals surface area contributed by atoms with Crippen LogP contribution >= 0.6 is 0 Å². The Balaban J connectivity index is 0.000000126. The van der Waals surface area contributed by atoms with Gasteiger partial charge in [0.2, 0.25) is 0 Å². The van der Waals surface area contributed by atoms with E-state index in [1.165, 1.54) is 0 Å². The van der Waals surface area contributed by atoms with Gasteiger partial charge >= 0.3 is 0 Å². The number of nitrogen functional groups attached to an aromatic ring is 1. The molecule has 0 radical (unpaired) electrons. The van der Waals surface area contributed by atoms with E-state index in [-0.39, 0.29) is 23.8 Å². The number of fused-ring (bicyclic) bond motifs is 5. The van der Waals surface area contributed by atoms with E-state index >= 15 is 0 Å². The molecule has 2 aliphatic carbocycles. The Morgan fingerprint density at radius 1 is 0.632 bits per heavy atom. The quantitative estimate of drug-likeness (QED) is 0.170. The molecule has 38 heavy (non-hydrogen) atoms. The number of ketones is 3. The summed E-state index contributed by atoms with van der Waals surface area (Å²) in [6.45, 7) is 0. The fourth-order valence-corrected chi connectivity index (χ4v) is 4.45. The van der Waals surface area contributed by atoms with E-state index < -0.39 is 0 Å². The third-order valence-corrected chi connectivity index (χ3v) is 6.37. The Morgan fingerprint density at radius 2 is 1.18 bits per heavy atom. The Morgan fingerprint density at radius 3 is 1.82 bits per heavy atom. The monoisotopic (exact) mass is 498 g/mol. The lowest BCUT2D eigenvalue weighted by atomic mass is 10.1. The van der Waals surface area contributed by atoms with Gasteiger partial charge in [0.1, 0.15) is 0 Å². The molecule has 0 saturated heterocycles. The van der Waals surface area contributed by atoms with Crippen molar-refractivity contribution in [2.45, 2.75) is 6.42 Å². The van der Waals surface area contributed by atoms with Crippen LogP contribution in [-0.4, -0.2) is 28.6 Å². The minimum atomic E-state index is -0.0504. The van der Waals surface area contributed by atoms with E-state index in [1.54, 1.807) is 48.5 Å². The van der Waals surface area contributed by atoms with Gasteiger partial charge in [-0.1, -0.05) is 78.9 Å². The first-order valence-electron chi connectivity index (χ1n) is 12.0. The second-order valence-electron chi connectivity index (χ2n) is 8.77. The Labute approximate surface area is 218 Å². The fourth-order valence-electron chi connectivity index (χ4n) is 4.45. The number of aldehydes is 1. The SMILES string of the molecule is Nc1ccccc1C=O.O=C1CC(=O)c2ccccc21.O=C1c2ccccc2-c2nc3ccccc3cc21. The molecule has 1 aromatic heterocycles. The summed E-state index contributed by atoms with van der Waals surface area (Å²) < 4.78 is 0. The molecule has 0 spiro atoms. The summed E-state index contributed by atoms with van der Waals surface area (Å²) in [5, 5.41) is 1.01. The number of hydrogen-bond acceptors (Lipinski definition) is 6. The molecule has 184 valence electrons. The van der Waals surface area contributed by atoms with Crippen LogP contribution in [0.25, 0.3) is 22.2 Å². The highest BCUT2D eigenvalue weighted by Gasteiger charge is 2.28. The highest BCUT2D eigenvalue weighted by atomic mass is 16.2. The van der Waals surface area contributed by atoms with Crippen LogP contribution in [0.1, 0.15) is 53.4 Å². The van der Waals surface area contributed by atoms with Crippen molar-refractivity contribution in [2.75, 3.05) is 5.73 Å². The van der Waals surface area contributed by atoms with E-state index in [2.05, 4.69) is 4.98 Å². The second-order valence-corrected chi connectivity index (χ2v) is 8.77. The van der Waals surface area contributed by atoms with Gasteiger partial charge in [-0.05, 0) is 24.3 Å². The lowest BCUT2D eigenvalue weighted by molar-refractivity contribution is 0.0921. The Kier molecular flexibility index (Phi) is 6.70. The van der Waals surface area contributed by atoms with Gasteiger partial charge in [0, 0.05) is 44.5 Å². The number of pyridine rings is 1. The van der Waals surface area contributed by atoms with E-state index in [0.717, 1.165) is 39.6 Å². The molecule has 0 aliphatic heterocycles. The number of nitrogens with two attached hydrogens (primary N) is 1. The van der Waals surface area contributed by atoms with Crippen molar-refractivity contribution in [2.24, 2.45) is 0 Å². The van der Waals surface area contributed by atoms with Crippen molar-refractivity contribution >= 4 is 40.2 Å². The normalized spacial score (nSPS) is 12.5. The summed E-state index contributed by atoms with van der Waals surface area (Å²) in [6, 6.07) is 31.4. The highest BCUT2D eigenvalue weighted by Crippen LogP contribution is 2.36. The number of para-hydroxylation sites is 2. The van der Waals surface area contributed by atoms with Crippen LogP contribution in [-0.2, 0) is 0 Å². The number of rotatable bonds is 1. The van der Waals surface area contributed by atoms with Crippen molar-refractivity contribution in [1.82, 2.24) is 4.98 Å². The molecule has 0 unspecified atom stereocenters. The maximum absolute atomic E-state index is 12.3. The van der Waals surface area contributed by atoms with Crippen molar-refractivity contribution in [3.8, 4) is 11.3 Å². The third kappa shape index (κ3) is 4.63. The zero-order chi connectivity index (χ0) is 26.6. The predicted octanol–water partition coefficient (Wildman–Crippen LogP) is 5.98. The van der Waals surface area contributed by atoms with Crippen molar-refractivity contribution in [1.29, 1.82) is 0 Å². The Bertz CT molecular complexity index is 1710. The van der Waals surface area contributed by atoms with E-state index in [0.29, 0.717) is 22.4 Å². The zero-order valence-electron chi connectivity index (χ0n) is 20.3. The molecular weight excluding hydrogens is 476 g/mol. The average molecular weight is 499 g/mol. The van der Waals surface area contributed by atoms with Crippen LogP contribution in [0.3, 0.4) is 0 Å². The maximum atomic E-state index is 12.3. The zero-order valence-corrected chi connectivity index (χ0v) is 20.3. The van der Waals surface area contributed by atoms with Gasteiger partial charge in [0.15, 0.2) is 23.6 Å². The summed E-state index contributed by atoms with van der Waals surface area (Å²) in [4.78, 5) is 49.2. The molecule has 4 aromatic carbocycles. The Hall–Kier alpha value is -5.23. The summed E-state index contributed by atoms with van der Waals surface area (Å²) in [5.74, 6) is -0.0185. The molecule has 6 nitrogen and oxygen atoms in total. The van der Waals surface area contributed by atoms with Gasteiger partial charge in [-0.3, -0.25) is 19.2 Å². The first kappa shape index (κ1) is 24.5. The van der Waals surface area contributed by atoms with Gasteiger partial charge in [-0.15, -0.1) is 0 Å². The molecule has 0 saturated carbocycles. The molecular formula is C32H22N2O4. The molecule has 2 aliphatic rings. The summed E-state index contributed by atoms with van der Waals surface area (Å²) in [7, 11) is 0. The number of carbonyl (C=O) groups is 4. The lowest BCUT2D eigenvalue weighted by Gasteiger charge is -2.01. The van der Waals surface area contributed by atoms with Gasteiger partial charge < -0.3 is 5.73 Å². The second kappa shape index (κ2) is 10.4. The summed E-state index contributed by atoms with van der Waals surface area (Å²) in [5.41, 5.74) is 11.8. The molecule has 0 amide bonds. The molecule has 6 heteroatoms. The molecule has 0 atom stereocenters. The van der Waals surface area contributed by atoms with Crippen LogP contribution in [0.4, 0.5) is 5.69 Å². The molecule has 0 bridgehead atoms. The number of nitrogens with zero attached hydrogens (tertiary/aromatic N) is 1. The standard InChI is InChI=1S/C16H9NO.C9H6O2.C7H7NO/c18-16-12-7-3-2-6-11(12)15-13(16)9-10-5-1-4-8-14(10)17-15;10-8-5-9(11)7-4-2-1-3-6(7)8;8-7-4-2-1-3-6(7)5-9/h1-9H;1-4H,5H2;1-5H,8H2. The van der Waals surface area contributed by atoms with Crippen LogP contribution in [0.15, 0.2) is 103 Å². The smallest absolute Gasteiger partial charge is 0.195 e.